The smallest absolute Gasteiger partial charge is 0.234 e. The van der Waals surface area contributed by atoms with Crippen molar-refractivity contribution in [2.24, 2.45) is 21.0 Å². The van der Waals surface area contributed by atoms with E-state index in [9.17, 15) is 0 Å². The number of hydrazone groups is 1. The van der Waals surface area contributed by atoms with Gasteiger partial charge in [-0.1, -0.05) is 0 Å². The fourth-order valence-corrected chi connectivity index (χ4v) is 4.02. The van der Waals surface area contributed by atoms with Crippen molar-refractivity contribution in [1.82, 2.24) is 5.43 Å². The summed E-state index contributed by atoms with van der Waals surface area (Å²) in [6, 6.07) is 15.7. The molecule has 0 unspecified atom stereocenters. The Morgan fingerprint density at radius 2 is 1.21 bits per heavy atom. The maximum atomic E-state index is 5.97. The molecule has 0 spiro atoms. The zero-order valence-corrected chi connectivity index (χ0v) is 19.5. The van der Waals surface area contributed by atoms with E-state index in [0.717, 1.165) is 48.3 Å². The van der Waals surface area contributed by atoms with Crippen molar-refractivity contribution in [3.8, 4) is 11.5 Å². The van der Waals surface area contributed by atoms with Crippen LogP contribution < -0.4 is 20.6 Å². The Hall–Kier alpha value is -3.06. The van der Waals surface area contributed by atoms with Crippen LogP contribution in [-0.2, 0) is 0 Å². The summed E-state index contributed by atoms with van der Waals surface area (Å²) < 4.78 is 11.9. The molecule has 3 N–H and O–H groups in total. The zero-order valence-electron chi connectivity index (χ0n) is 18.7. The number of ether oxygens (including phenoxy) is 2. The van der Waals surface area contributed by atoms with Crippen molar-refractivity contribution in [1.29, 1.82) is 0 Å². The normalized spacial score (nSPS) is 17.5. The second-order valence-corrected chi connectivity index (χ2v) is 8.29. The summed E-state index contributed by atoms with van der Waals surface area (Å²) in [5.41, 5.74) is 10.3. The van der Waals surface area contributed by atoms with Gasteiger partial charge in [-0.05, 0) is 111 Å². The van der Waals surface area contributed by atoms with E-state index in [0.29, 0.717) is 12.2 Å². The maximum Gasteiger partial charge on any atom is 0.234 e. The molecule has 2 aromatic carbocycles. The minimum Gasteiger partial charge on any atom is -0.490 e. The van der Waals surface area contributed by atoms with Crippen LogP contribution in [0.2, 0.25) is 0 Å². The molecule has 0 aromatic heterocycles. The molecule has 4 rings (SSSR count). The number of guanidine groups is 1. The minimum atomic E-state index is 0. The number of hydrogen-bond acceptors (Lipinski definition) is 5. The van der Waals surface area contributed by atoms with Crippen LogP contribution in [0, 0.1) is 0 Å². The molecule has 2 aromatic rings. The van der Waals surface area contributed by atoms with Gasteiger partial charge in [0.25, 0.3) is 0 Å². The molecular weight excluding hydrogens is 438 g/mol. The van der Waals surface area contributed by atoms with Gasteiger partial charge in [0, 0.05) is 0 Å². The lowest BCUT2D eigenvalue weighted by Crippen LogP contribution is -2.26. The van der Waals surface area contributed by atoms with E-state index < -0.39 is 0 Å². The predicted octanol–water partition coefficient (Wildman–Crippen LogP) is 5.02. The molecule has 0 aliphatic heterocycles. The highest BCUT2D eigenvalue weighted by molar-refractivity contribution is 5.85. The molecule has 0 bridgehead atoms. The highest BCUT2D eigenvalue weighted by Crippen LogP contribution is 2.25. The molecule has 0 atom stereocenters. The highest BCUT2D eigenvalue weighted by atomic mass is 35.5. The summed E-state index contributed by atoms with van der Waals surface area (Å²) in [5.74, 6) is 1.90. The van der Waals surface area contributed by atoms with Crippen LogP contribution in [0.25, 0.3) is 0 Å². The van der Waals surface area contributed by atoms with E-state index >= 15 is 0 Å². The number of benzene rings is 2. The first-order valence-electron chi connectivity index (χ1n) is 11.4. The van der Waals surface area contributed by atoms with E-state index in [1.165, 1.54) is 25.7 Å². The summed E-state index contributed by atoms with van der Waals surface area (Å²) in [5, 5.41) is 12.0. The number of halogens is 1. The third-order valence-corrected chi connectivity index (χ3v) is 5.74. The summed E-state index contributed by atoms with van der Waals surface area (Å²) in [6.45, 7) is 0. The lowest BCUT2D eigenvalue weighted by molar-refractivity contribution is 0.210. The van der Waals surface area contributed by atoms with Gasteiger partial charge >= 0.3 is 0 Å². The van der Waals surface area contributed by atoms with Gasteiger partial charge in [0.05, 0.1) is 24.6 Å². The molecule has 2 aliphatic carbocycles. The largest absolute Gasteiger partial charge is 0.490 e. The van der Waals surface area contributed by atoms with E-state index in [2.05, 4.69) is 20.7 Å². The Labute approximate surface area is 201 Å². The first-order valence-corrected chi connectivity index (χ1v) is 11.4. The average molecular weight is 470 g/mol. The van der Waals surface area contributed by atoms with Gasteiger partial charge < -0.3 is 15.2 Å². The van der Waals surface area contributed by atoms with Gasteiger partial charge in [-0.2, -0.15) is 10.2 Å². The molecule has 7 nitrogen and oxygen atoms in total. The van der Waals surface area contributed by atoms with Crippen LogP contribution in [0.5, 0.6) is 11.5 Å². The Bertz CT molecular complexity index is 932. The molecule has 8 heteroatoms. The molecule has 2 fully saturated rings. The Kier molecular flexibility index (Phi) is 9.57. The molecule has 2 saturated carbocycles. The fraction of sp³-hybridized carbons (Fsp3) is 0.400. The van der Waals surface area contributed by atoms with Gasteiger partial charge in [0.15, 0.2) is 0 Å². The average Bonchev–Trinajstić information content (AvgIpc) is 3.51. The van der Waals surface area contributed by atoms with E-state index in [-0.39, 0.29) is 18.4 Å². The second kappa shape index (κ2) is 12.8. The van der Waals surface area contributed by atoms with Crippen LogP contribution in [0.4, 0.5) is 0 Å². The van der Waals surface area contributed by atoms with Crippen LogP contribution >= 0.6 is 12.4 Å². The summed E-state index contributed by atoms with van der Waals surface area (Å²) in [6.07, 6.45) is 13.6. The van der Waals surface area contributed by atoms with E-state index in [1.54, 1.807) is 12.4 Å². The Balaban J connectivity index is 0.00000306. The van der Waals surface area contributed by atoms with E-state index in [1.807, 2.05) is 48.5 Å². The molecule has 0 saturated heterocycles. The monoisotopic (exact) mass is 469 g/mol. The fourth-order valence-electron chi connectivity index (χ4n) is 4.02. The molecule has 0 amide bonds. The summed E-state index contributed by atoms with van der Waals surface area (Å²) >= 11 is 0. The van der Waals surface area contributed by atoms with Crippen molar-refractivity contribution >= 4 is 30.8 Å². The molecule has 0 radical (unpaired) electrons. The van der Waals surface area contributed by atoms with Gasteiger partial charge in [0.1, 0.15) is 11.5 Å². The van der Waals surface area contributed by atoms with Crippen molar-refractivity contribution in [3.63, 3.8) is 0 Å². The Morgan fingerprint density at radius 3 is 1.70 bits per heavy atom. The third-order valence-electron chi connectivity index (χ3n) is 5.74. The summed E-state index contributed by atoms with van der Waals surface area (Å²) in [7, 11) is 0. The maximum absolute atomic E-state index is 5.97. The molecule has 0 heterocycles. The SMILES string of the molecule is Cl.NC(=N/N=C/c1ccc(OC2CCCC2)cc1)N/N=C/c1ccc(OC2CCCC2)cc1. The summed E-state index contributed by atoms with van der Waals surface area (Å²) in [4.78, 5) is 0. The van der Waals surface area contributed by atoms with Crippen molar-refractivity contribution in [3.05, 3.63) is 59.7 Å². The number of nitrogens with zero attached hydrogens (tertiary/aromatic N) is 3. The molecule has 2 aliphatic rings. The molecule has 176 valence electrons. The lowest BCUT2D eigenvalue weighted by Gasteiger charge is -2.12. The van der Waals surface area contributed by atoms with Gasteiger partial charge in [-0.25, -0.2) is 5.43 Å². The van der Waals surface area contributed by atoms with Crippen LogP contribution in [0.1, 0.15) is 62.5 Å². The number of nitrogens with one attached hydrogen (secondary N) is 1. The van der Waals surface area contributed by atoms with Crippen LogP contribution in [0.15, 0.2) is 63.8 Å². The van der Waals surface area contributed by atoms with Crippen molar-refractivity contribution in [2.75, 3.05) is 0 Å². The Morgan fingerprint density at radius 1 is 0.758 bits per heavy atom. The third kappa shape index (κ3) is 8.09. The van der Waals surface area contributed by atoms with Crippen molar-refractivity contribution < 1.29 is 9.47 Å². The van der Waals surface area contributed by atoms with E-state index in [4.69, 9.17) is 15.2 Å². The molecular formula is C25H32ClN5O2. The number of rotatable bonds is 8. The number of nitrogens with two attached hydrogens (primary N) is 1. The standard InChI is InChI=1S/C25H31N5O2.ClH/c26-25(29-27-17-19-9-13-23(14-10-19)31-21-5-1-2-6-21)30-28-18-20-11-15-24(16-12-20)32-22-7-3-4-8-22;/h9-18,21-22H,1-8H2,(H3,26,29,30);1H/b27-17+,28-18+;. The number of hydrogen-bond donors (Lipinski definition) is 2. The quantitative estimate of drug-likeness (QED) is 0.322. The zero-order chi connectivity index (χ0) is 22.0. The predicted molar refractivity (Wildman–Crippen MR) is 136 cm³/mol. The van der Waals surface area contributed by atoms with Crippen LogP contribution in [-0.4, -0.2) is 30.6 Å². The van der Waals surface area contributed by atoms with Crippen LogP contribution in [0.3, 0.4) is 0 Å². The first-order chi connectivity index (χ1) is 15.7. The van der Waals surface area contributed by atoms with Gasteiger partial charge in [-0.3, -0.25) is 0 Å². The highest BCUT2D eigenvalue weighted by Gasteiger charge is 2.16. The first kappa shape index (κ1) is 24.6. The topological polar surface area (TPSA) is 93.6 Å². The van der Waals surface area contributed by atoms with Crippen molar-refractivity contribution in [2.45, 2.75) is 63.6 Å². The minimum absolute atomic E-state index is 0. The van der Waals surface area contributed by atoms with Gasteiger partial charge in [0.2, 0.25) is 5.96 Å². The van der Waals surface area contributed by atoms with Gasteiger partial charge in [-0.15, -0.1) is 17.5 Å². The molecule has 33 heavy (non-hydrogen) atoms. The lowest BCUT2D eigenvalue weighted by atomic mass is 10.2. The second-order valence-electron chi connectivity index (χ2n) is 8.29.